The number of halogens is 10. The molecule has 0 aromatic heterocycles. The van der Waals surface area contributed by atoms with Crippen LogP contribution in [0.4, 0.5) is 0 Å². The van der Waals surface area contributed by atoms with Crippen LogP contribution in [0.15, 0.2) is 63.2 Å². The van der Waals surface area contributed by atoms with Crippen LogP contribution in [0.2, 0.25) is 0 Å². The molecule has 2 nitrogen and oxygen atoms in total. The Kier molecular flexibility index (Phi) is 15.7. The van der Waals surface area contributed by atoms with Crippen molar-refractivity contribution in [3.63, 3.8) is 0 Å². The molecule has 4 aromatic rings. The van der Waals surface area contributed by atoms with Gasteiger partial charge in [-0.25, -0.2) is 0 Å². The van der Waals surface area contributed by atoms with Crippen molar-refractivity contribution in [1.29, 1.82) is 0 Å². The molecule has 0 aliphatic heterocycles. The maximum absolute atomic E-state index is 6.39. The van der Waals surface area contributed by atoms with E-state index in [-0.39, 0.29) is 5.41 Å². The maximum atomic E-state index is 6.39. The van der Waals surface area contributed by atoms with Crippen molar-refractivity contribution in [1.82, 2.24) is 0 Å². The standard InChI is InChI=1S/C33H30Br10O2/c1-33(2,19-9-17-11-25(40)29(42)31(27(17)23(38)13-19)44-7-3-5-21(36)15-34)20-10-18-12-26(41)30(43)32(28(18)24(39)14-20)45-8-4-6-22(37)16-35/h9-14,21-22H,3-8,15-16H2,1-2H3. The van der Waals surface area contributed by atoms with Crippen molar-refractivity contribution in [3.05, 3.63) is 74.4 Å². The lowest BCUT2D eigenvalue weighted by molar-refractivity contribution is 0.309. The molecule has 0 saturated carbocycles. The van der Waals surface area contributed by atoms with Crippen LogP contribution in [0.25, 0.3) is 21.5 Å². The molecule has 0 amide bonds. The number of hydrogen-bond donors (Lipinski definition) is 0. The fourth-order valence-corrected chi connectivity index (χ4v) is 9.38. The van der Waals surface area contributed by atoms with E-state index in [0.717, 1.165) is 96.2 Å². The van der Waals surface area contributed by atoms with Gasteiger partial charge in [-0.15, -0.1) is 0 Å². The Morgan fingerprint density at radius 1 is 0.578 bits per heavy atom. The normalized spacial score (nSPS) is 13.4. The van der Waals surface area contributed by atoms with Crippen LogP contribution < -0.4 is 9.47 Å². The number of fused-ring (bicyclic) bond motifs is 2. The summed E-state index contributed by atoms with van der Waals surface area (Å²) in [5.74, 6) is 1.69. The van der Waals surface area contributed by atoms with Gasteiger partial charge in [-0.3, -0.25) is 0 Å². The lowest BCUT2D eigenvalue weighted by Crippen LogP contribution is -2.19. The van der Waals surface area contributed by atoms with Crippen LogP contribution in [0.3, 0.4) is 0 Å². The molecule has 0 spiro atoms. The zero-order valence-corrected chi connectivity index (χ0v) is 40.2. The highest BCUT2D eigenvalue weighted by Gasteiger charge is 2.28. The van der Waals surface area contributed by atoms with Gasteiger partial charge in [-0.05, 0) is 136 Å². The Morgan fingerprint density at radius 3 is 1.31 bits per heavy atom. The second kappa shape index (κ2) is 17.8. The van der Waals surface area contributed by atoms with Crippen LogP contribution in [0, 0.1) is 0 Å². The topological polar surface area (TPSA) is 18.5 Å². The van der Waals surface area contributed by atoms with Crippen LogP contribution in [0.1, 0.15) is 50.7 Å². The average molecular weight is 1260 g/mol. The third-order valence-corrected chi connectivity index (χ3v) is 17.7. The summed E-state index contributed by atoms with van der Waals surface area (Å²) in [4.78, 5) is 0.877. The van der Waals surface area contributed by atoms with Crippen molar-refractivity contribution >= 4 is 181 Å². The minimum Gasteiger partial charge on any atom is -0.492 e. The van der Waals surface area contributed by atoms with Crippen LogP contribution in [0.5, 0.6) is 11.5 Å². The Bertz CT molecular complexity index is 1550. The molecule has 0 fully saturated rings. The van der Waals surface area contributed by atoms with Gasteiger partial charge in [-0.1, -0.05) is 122 Å². The van der Waals surface area contributed by atoms with Gasteiger partial charge in [0.2, 0.25) is 0 Å². The predicted octanol–water partition coefficient (Wildman–Crippen LogP) is 15.5. The second-order valence-corrected chi connectivity index (χ2v) is 20.1. The summed E-state index contributed by atoms with van der Waals surface area (Å²) < 4.78 is 18.5. The molecule has 45 heavy (non-hydrogen) atoms. The Labute approximate surface area is 349 Å². The zero-order valence-electron chi connectivity index (χ0n) is 24.4. The summed E-state index contributed by atoms with van der Waals surface area (Å²) >= 11 is 37.3. The van der Waals surface area contributed by atoms with Gasteiger partial charge in [0.1, 0.15) is 11.5 Å². The number of ether oxygens (including phenoxy) is 2. The molecule has 2 unspecified atom stereocenters. The van der Waals surface area contributed by atoms with Gasteiger partial charge >= 0.3 is 0 Å². The van der Waals surface area contributed by atoms with Crippen molar-refractivity contribution in [2.45, 2.75) is 54.6 Å². The van der Waals surface area contributed by atoms with Crippen molar-refractivity contribution in [2.24, 2.45) is 0 Å². The van der Waals surface area contributed by atoms with E-state index in [2.05, 4.69) is 210 Å². The first kappa shape index (κ1) is 39.6. The van der Waals surface area contributed by atoms with E-state index in [0.29, 0.717) is 22.9 Å². The molecule has 2 atom stereocenters. The Balaban J connectivity index is 1.72. The average Bonchev–Trinajstić information content (AvgIpc) is 3.00. The third-order valence-electron chi connectivity index (χ3n) is 7.67. The number of alkyl halides is 4. The molecular weight excluding hydrogens is 1230 g/mol. The van der Waals surface area contributed by atoms with Gasteiger partial charge in [0.15, 0.2) is 0 Å². The highest BCUT2D eigenvalue weighted by Crippen LogP contribution is 2.48. The predicted molar refractivity (Wildman–Crippen MR) is 229 cm³/mol. The fourth-order valence-electron chi connectivity index (χ4n) is 5.07. The Morgan fingerprint density at radius 2 is 0.956 bits per heavy atom. The SMILES string of the molecule is CC(C)(c1cc(Br)c2c(OCCCC(Br)CBr)c(Br)c(Br)cc2c1)c1cc(Br)c2c(OCCCC(Br)CBr)c(Br)c(Br)cc2c1. The molecule has 0 aliphatic carbocycles. The molecule has 4 aromatic carbocycles. The summed E-state index contributed by atoms with van der Waals surface area (Å²) in [6.07, 6.45) is 3.97. The largest absolute Gasteiger partial charge is 0.492 e. The zero-order chi connectivity index (χ0) is 33.1. The molecule has 0 radical (unpaired) electrons. The highest BCUT2D eigenvalue weighted by molar-refractivity contribution is 9.14. The molecule has 0 aliphatic rings. The maximum Gasteiger partial charge on any atom is 0.143 e. The number of hydrogen-bond acceptors (Lipinski definition) is 2. The molecule has 0 heterocycles. The van der Waals surface area contributed by atoms with Crippen molar-refractivity contribution in [3.8, 4) is 11.5 Å². The van der Waals surface area contributed by atoms with E-state index in [9.17, 15) is 0 Å². The van der Waals surface area contributed by atoms with Crippen LogP contribution >= 0.6 is 159 Å². The minimum absolute atomic E-state index is 0.310. The lowest BCUT2D eigenvalue weighted by atomic mass is 9.77. The van der Waals surface area contributed by atoms with E-state index in [1.165, 1.54) is 11.1 Å². The van der Waals surface area contributed by atoms with Gasteiger partial charge in [0.05, 0.1) is 22.2 Å². The lowest BCUT2D eigenvalue weighted by Gasteiger charge is -2.28. The highest BCUT2D eigenvalue weighted by atomic mass is 79.9. The first-order chi connectivity index (χ1) is 21.3. The van der Waals surface area contributed by atoms with E-state index < -0.39 is 0 Å². The number of benzene rings is 4. The molecule has 244 valence electrons. The molecule has 0 bridgehead atoms. The summed E-state index contributed by atoms with van der Waals surface area (Å²) in [5.41, 5.74) is 2.07. The molecule has 12 heteroatoms. The minimum atomic E-state index is -0.310. The van der Waals surface area contributed by atoms with E-state index in [1.807, 2.05) is 0 Å². The second-order valence-electron chi connectivity index (χ2n) is 11.2. The van der Waals surface area contributed by atoms with Gasteiger partial charge in [0.25, 0.3) is 0 Å². The van der Waals surface area contributed by atoms with E-state index in [4.69, 9.17) is 9.47 Å². The quantitative estimate of drug-likeness (QED) is 0.0925. The first-order valence-electron chi connectivity index (χ1n) is 14.2. The summed E-state index contributed by atoms with van der Waals surface area (Å²) in [7, 11) is 0. The molecule has 0 N–H and O–H groups in total. The summed E-state index contributed by atoms with van der Waals surface area (Å²) in [6.45, 7) is 5.81. The van der Waals surface area contributed by atoms with Gasteiger partial charge in [-0.2, -0.15) is 0 Å². The van der Waals surface area contributed by atoms with Crippen molar-refractivity contribution in [2.75, 3.05) is 23.9 Å². The molecule has 4 rings (SSSR count). The number of rotatable bonds is 14. The summed E-state index contributed by atoms with van der Waals surface area (Å²) in [5, 5.41) is 6.16. The first-order valence-corrected chi connectivity index (χ1v) is 23.0. The molecular formula is C33H30Br10O2. The van der Waals surface area contributed by atoms with Crippen molar-refractivity contribution < 1.29 is 9.47 Å². The smallest absolute Gasteiger partial charge is 0.143 e. The monoisotopic (exact) mass is 1250 g/mol. The van der Waals surface area contributed by atoms with E-state index in [1.54, 1.807) is 0 Å². The molecule has 0 saturated heterocycles. The van der Waals surface area contributed by atoms with E-state index >= 15 is 0 Å². The van der Waals surface area contributed by atoms with Crippen LogP contribution in [-0.4, -0.2) is 33.5 Å². The Hall–Kier alpha value is 1.80. The van der Waals surface area contributed by atoms with Gasteiger partial charge < -0.3 is 9.47 Å². The fraction of sp³-hybridized carbons (Fsp3) is 0.394. The van der Waals surface area contributed by atoms with Gasteiger partial charge in [0, 0.05) is 54.4 Å². The van der Waals surface area contributed by atoms with Crippen LogP contribution in [-0.2, 0) is 5.41 Å². The summed E-state index contributed by atoms with van der Waals surface area (Å²) in [6, 6.07) is 13.3. The third kappa shape index (κ3) is 9.57.